The molecule has 1 amide bonds. The lowest BCUT2D eigenvalue weighted by Gasteiger charge is -2.19. The molecule has 110 valence electrons. The van der Waals surface area contributed by atoms with E-state index < -0.39 is 0 Å². The maximum Gasteiger partial charge on any atom is 0.260 e. The van der Waals surface area contributed by atoms with Crippen LogP contribution in [0, 0.1) is 0 Å². The van der Waals surface area contributed by atoms with Crippen LogP contribution >= 0.6 is 0 Å². The molecule has 1 aromatic carbocycles. The van der Waals surface area contributed by atoms with Crippen molar-refractivity contribution in [3.8, 4) is 11.5 Å². The number of amides is 1. The van der Waals surface area contributed by atoms with E-state index in [2.05, 4.69) is 0 Å². The van der Waals surface area contributed by atoms with Crippen molar-refractivity contribution in [1.29, 1.82) is 0 Å². The first kappa shape index (κ1) is 14.7. The minimum atomic E-state index is -0.160. The molecule has 0 heterocycles. The molecule has 1 atom stereocenters. The maximum atomic E-state index is 12.0. The molecule has 5 heteroatoms. The van der Waals surface area contributed by atoms with Crippen LogP contribution in [-0.2, 0) is 4.79 Å². The van der Waals surface area contributed by atoms with Crippen molar-refractivity contribution in [2.75, 3.05) is 20.8 Å². The zero-order valence-electron chi connectivity index (χ0n) is 12.3. The topological polar surface area (TPSA) is 64.8 Å². The quantitative estimate of drug-likeness (QED) is 0.860. The van der Waals surface area contributed by atoms with Gasteiger partial charge >= 0.3 is 0 Å². The van der Waals surface area contributed by atoms with Gasteiger partial charge < -0.3 is 20.1 Å². The molecule has 0 aromatic heterocycles. The van der Waals surface area contributed by atoms with Crippen molar-refractivity contribution in [3.05, 3.63) is 23.8 Å². The Balaban J connectivity index is 2.04. The molecule has 0 radical (unpaired) electrons. The lowest BCUT2D eigenvalue weighted by Crippen LogP contribution is -2.33. The second-order valence-electron chi connectivity index (χ2n) is 5.22. The van der Waals surface area contributed by atoms with Gasteiger partial charge in [0.1, 0.15) is 11.5 Å². The molecule has 1 saturated carbocycles. The fourth-order valence-electron chi connectivity index (χ4n) is 2.05. The molecule has 20 heavy (non-hydrogen) atoms. The second-order valence-corrected chi connectivity index (χ2v) is 5.22. The minimum absolute atomic E-state index is 0.00838. The Hall–Kier alpha value is -1.75. The summed E-state index contributed by atoms with van der Waals surface area (Å²) in [5.74, 6) is 1.29. The highest BCUT2D eigenvalue weighted by Crippen LogP contribution is 2.29. The first-order valence-electron chi connectivity index (χ1n) is 6.85. The van der Waals surface area contributed by atoms with Crippen LogP contribution in [0.4, 0.5) is 0 Å². The van der Waals surface area contributed by atoms with Gasteiger partial charge in [-0.3, -0.25) is 4.79 Å². The van der Waals surface area contributed by atoms with Gasteiger partial charge in [0, 0.05) is 30.8 Å². The number of benzene rings is 1. The molecule has 1 aliphatic rings. The van der Waals surface area contributed by atoms with E-state index in [-0.39, 0.29) is 18.6 Å². The highest BCUT2D eigenvalue weighted by molar-refractivity contribution is 5.78. The van der Waals surface area contributed by atoms with Gasteiger partial charge in [0.25, 0.3) is 5.91 Å². The van der Waals surface area contributed by atoms with Crippen molar-refractivity contribution >= 4 is 5.91 Å². The maximum absolute atomic E-state index is 12.0. The Morgan fingerprint density at radius 2 is 2.20 bits per heavy atom. The smallest absolute Gasteiger partial charge is 0.260 e. The van der Waals surface area contributed by atoms with Crippen LogP contribution in [0.25, 0.3) is 0 Å². The SMILES string of the molecule is COc1ccc([C@H](C)N)c(OCC(=O)N(C)C2CC2)c1. The monoisotopic (exact) mass is 278 g/mol. The van der Waals surface area contributed by atoms with Gasteiger partial charge in [-0.15, -0.1) is 0 Å². The number of methoxy groups -OCH3 is 1. The van der Waals surface area contributed by atoms with E-state index in [1.165, 1.54) is 0 Å². The third kappa shape index (κ3) is 3.42. The summed E-state index contributed by atoms with van der Waals surface area (Å²) in [5, 5.41) is 0. The molecule has 0 bridgehead atoms. The van der Waals surface area contributed by atoms with Crippen LogP contribution < -0.4 is 15.2 Å². The molecular formula is C15H22N2O3. The summed E-state index contributed by atoms with van der Waals surface area (Å²) in [4.78, 5) is 13.7. The number of hydrogen-bond acceptors (Lipinski definition) is 4. The predicted octanol–water partition coefficient (Wildman–Crippen LogP) is 1.71. The van der Waals surface area contributed by atoms with E-state index in [4.69, 9.17) is 15.2 Å². The standard InChI is InChI=1S/C15H22N2O3/c1-10(16)13-7-6-12(19-3)8-14(13)20-9-15(18)17(2)11-4-5-11/h6-8,10-11H,4-5,9,16H2,1-3H3/t10-/m0/s1. The molecule has 0 aliphatic heterocycles. The zero-order valence-corrected chi connectivity index (χ0v) is 12.3. The Morgan fingerprint density at radius 1 is 1.50 bits per heavy atom. The van der Waals surface area contributed by atoms with Gasteiger partial charge in [-0.2, -0.15) is 0 Å². The van der Waals surface area contributed by atoms with Gasteiger partial charge in [0.05, 0.1) is 7.11 Å². The third-order valence-corrected chi connectivity index (χ3v) is 3.55. The number of carbonyl (C=O) groups excluding carboxylic acids is 1. The lowest BCUT2D eigenvalue weighted by molar-refractivity contribution is -0.132. The summed E-state index contributed by atoms with van der Waals surface area (Å²) in [6, 6.07) is 5.71. The van der Waals surface area contributed by atoms with Crippen LogP contribution in [0.1, 0.15) is 31.4 Å². The average molecular weight is 278 g/mol. The summed E-state index contributed by atoms with van der Waals surface area (Å²) >= 11 is 0. The van der Waals surface area contributed by atoms with Gasteiger partial charge in [0.15, 0.2) is 6.61 Å². The molecular weight excluding hydrogens is 256 g/mol. The van der Waals surface area contributed by atoms with E-state index >= 15 is 0 Å². The fraction of sp³-hybridized carbons (Fsp3) is 0.533. The predicted molar refractivity (Wildman–Crippen MR) is 76.9 cm³/mol. The summed E-state index contributed by atoms with van der Waals surface area (Å²) in [7, 11) is 3.41. The summed E-state index contributed by atoms with van der Waals surface area (Å²) in [5.41, 5.74) is 6.78. The van der Waals surface area contributed by atoms with Gasteiger partial charge in [-0.1, -0.05) is 6.07 Å². The highest BCUT2D eigenvalue weighted by Gasteiger charge is 2.29. The molecule has 2 rings (SSSR count). The average Bonchev–Trinajstić information content (AvgIpc) is 3.27. The number of ether oxygens (including phenoxy) is 2. The van der Waals surface area contributed by atoms with E-state index in [1.807, 2.05) is 26.1 Å². The van der Waals surface area contributed by atoms with Crippen molar-refractivity contribution in [2.45, 2.75) is 31.8 Å². The minimum Gasteiger partial charge on any atom is -0.497 e. The largest absolute Gasteiger partial charge is 0.497 e. The van der Waals surface area contributed by atoms with E-state index in [0.29, 0.717) is 17.5 Å². The molecule has 1 fully saturated rings. The molecule has 1 aliphatic carbocycles. The summed E-state index contributed by atoms with van der Waals surface area (Å²) < 4.78 is 10.8. The van der Waals surface area contributed by atoms with Gasteiger partial charge in [-0.25, -0.2) is 0 Å². The van der Waals surface area contributed by atoms with Crippen LogP contribution in [0.5, 0.6) is 11.5 Å². The van der Waals surface area contributed by atoms with Crippen LogP contribution in [0.15, 0.2) is 18.2 Å². The van der Waals surface area contributed by atoms with Gasteiger partial charge in [0.2, 0.25) is 0 Å². The number of carbonyl (C=O) groups is 1. The molecule has 0 saturated heterocycles. The Kier molecular flexibility index (Phi) is 4.49. The van der Waals surface area contributed by atoms with Gasteiger partial charge in [-0.05, 0) is 25.8 Å². The van der Waals surface area contributed by atoms with E-state index in [0.717, 1.165) is 18.4 Å². The number of rotatable bonds is 6. The van der Waals surface area contributed by atoms with E-state index in [1.54, 1.807) is 18.1 Å². The van der Waals surface area contributed by atoms with Crippen LogP contribution in [0.2, 0.25) is 0 Å². The molecule has 5 nitrogen and oxygen atoms in total. The number of nitrogens with two attached hydrogens (primary N) is 1. The molecule has 1 aromatic rings. The Morgan fingerprint density at radius 3 is 2.75 bits per heavy atom. The molecule has 0 spiro atoms. The van der Waals surface area contributed by atoms with Crippen molar-refractivity contribution < 1.29 is 14.3 Å². The third-order valence-electron chi connectivity index (χ3n) is 3.55. The fourth-order valence-corrected chi connectivity index (χ4v) is 2.05. The van der Waals surface area contributed by atoms with Crippen LogP contribution in [0.3, 0.4) is 0 Å². The van der Waals surface area contributed by atoms with E-state index in [9.17, 15) is 4.79 Å². The number of hydrogen-bond donors (Lipinski definition) is 1. The normalized spacial score (nSPS) is 15.6. The lowest BCUT2D eigenvalue weighted by atomic mass is 10.1. The van der Waals surface area contributed by atoms with Crippen molar-refractivity contribution in [3.63, 3.8) is 0 Å². The Bertz CT molecular complexity index is 484. The zero-order chi connectivity index (χ0) is 14.7. The summed E-state index contributed by atoms with van der Waals surface area (Å²) in [6.45, 7) is 1.91. The second kappa shape index (κ2) is 6.13. The number of likely N-dealkylation sites (N-methyl/N-ethyl adjacent to an activating group) is 1. The first-order chi connectivity index (χ1) is 9.52. The van der Waals surface area contributed by atoms with Crippen LogP contribution in [-0.4, -0.2) is 37.6 Å². The molecule has 0 unspecified atom stereocenters. The Labute approximate surface area is 119 Å². The van der Waals surface area contributed by atoms with Crippen molar-refractivity contribution in [2.24, 2.45) is 5.73 Å². The van der Waals surface area contributed by atoms with Crippen molar-refractivity contribution in [1.82, 2.24) is 4.90 Å². The highest BCUT2D eigenvalue weighted by atomic mass is 16.5. The summed E-state index contributed by atoms with van der Waals surface area (Å²) in [6.07, 6.45) is 2.18. The molecule has 2 N–H and O–H groups in total. The number of nitrogens with zero attached hydrogens (tertiary/aromatic N) is 1. The first-order valence-corrected chi connectivity index (χ1v) is 6.85.